The minimum atomic E-state index is -0.765. The number of rotatable bonds is 2. The number of hydrogen-bond donors (Lipinski definition) is 1. The number of esters is 1. The average molecular weight is 330 g/mol. The van der Waals surface area contributed by atoms with E-state index in [9.17, 15) is 14.4 Å². The summed E-state index contributed by atoms with van der Waals surface area (Å²) in [4.78, 5) is 12.6. The molecule has 6 heteroatoms. The van der Waals surface area contributed by atoms with Gasteiger partial charge in [0.25, 0.3) is 0 Å². The number of nitrogens with two attached hydrogens (primary N) is 1. The molecule has 0 saturated carbocycles. The van der Waals surface area contributed by atoms with Gasteiger partial charge in [-0.05, 0) is 45.4 Å². The Labute approximate surface area is 140 Å². The highest BCUT2D eigenvalue weighted by atomic mass is 19.1. The van der Waals surface area contributed by atoms with Gasteiger partial charge in [0.05, 0.1) is 11.5 Å². The topological polar surface area (TPSA) is 85.3 Å². The number of carbonyl (C=O) groups is 1. The second-order valence-corrected chi connectivity index (χ2v) is 6.45. The van der Waals surface area contributed by atoms with Crippen LogP contribution < -0.4 is 5.73 Å². The molecule has 1 aliphatic heterocycles. The van der Waals surface area contributed by atoms with Crippen LogP contribution in [0.25, 0.3) is 0 Å². The molecule has 0 unspecified atom stereocenters. The lowest BCUT2D eigenvalue weighted by atomic mass is 9.83. The molecule has 1 aromatic rings. The van der Waals surface area contributed by atoms with Crippen molar-refractivity contribution in [2.75, 3.05) is 0 Å². The summed E-state index contributed by atoms with van der Waals surface area (Å²) in [5.74, 6) is -1.60. The van der Waals surface area contributed by atoms with Crippen LogP contribution in [0.15, 0.2) is 47.1 Å². The van der Waals surface area contributed by atoms with E-state index in [1.807, 2.05) is 6.07 Å². The van der Waals surface area contributed by atoms with Gasteiger partial charge < -0.3 is 15.2 Å². The molecule has 2 rings (SSSR count). The molecule has 0 spiro atoms. The number of ether oxygens (including phenoxy) is 2. The van der Waals surface area contributed by atoms with E-state index >= 15 is 0 Å². The molecule has 24 heavy (non-hydrogen) atoms. The minimum absolute atomic E-state index is 0.0726. The van der Waals surface area contributed by atoms with Crippen LogP contribution in [0.3, 0.4) is 0 Å². The van der Waals surface area contributed by atoms with Gasteiger partial charge in [-0.3, -0.25) is 0 Å². The number of hydrogen-bond acceptors (Lipinski definition) is 5. The molecule has 0 saturated heterocycles. The average Bonchev–Trinajstić information content (AvgIpc) is 2.45. The number of benzene rings is 1. The molecule has 5 nitrogen and oxygen atoms in total. The molecule has 1 atom stereocenters. The largest absolute Gasteiger partial charge is 0.456 e. The van der Waals surface area contributed by atoms with Crippen LogP contribution in [0.1, 0.15) is 39.2 Å². The maximum absolute atomic E-state index is 13.2. The van der Waals surface area contributed by atoms with Crippen LogP contribution in [0.2, 0.25) is 0 Å². The quantitative estimate of drug-likeness (QED) is 0.841. The van der Waals surface area contributed by atoms with E-state index in [1.165, 1.54) is 24.3 Å². The Kier molecular flexibility index (Phi) is 4.65. The summed E-state index contributed by atoms with van der Waals surface area (Å²) < 4.78 is 24.0. The lowest BCUT2D eigenvalue weighted by Crippen LogP contribution is -2.30. The predicted molar refractivity (Wildman–Crippen MR) is 85.6 cm³/mol. The summed E-state index contributed by atoms with van der Waals surface area (Å²) >= 11 is 0. The highest BCUT2D eigenvalue weighted by molar-refractivity contribution is 5.92. The Balaban J connectivity index is 2.57. The van der Waals surface area contributed by atoms with Crippen molar-refractivity contribution in [3.05, 3.63) is 58.4 Å². The Morgan fingerprint density at radius 3 is 2.42 bits per heavy atom. The van der Waals surface area contributed by atoms with Crippen LogP contribution in [0, 0.1) is 17.1 Å². The summed E-state index contributed by atoms with van der Waals surface area (Å²) in [5, 5.41) is 9.45. The van der Waals surface area contributed by atoms with E-state index in [0.717, 1.165) is 0 Å². The van der Waals surface area contributed by atoms with Gasteiger partial charge in [0.2, 0.25) is 5.88 Å². The third kappa shape index (κ3) is 3.57. The predicted octanol–water partition coefficient (Wildman–Crippen LogP) is 3.25. The highest BCUT2D eigenvalue weighted by Crippen LogP contribution is 2.40. The summed E-state index contributed by atoms with van der Waals surface area (Å²) in [7, 11) is 0. The van der Waals surface area contributed by atoms with E-state index in [4.69, 9.17) is 15.2 Å². The van der Waals surface area contributed by atoms with Crippen LogP contribution in [0.5, 0.6) is 0 Å². The Bertz CT molecular complexity index is 765. The van der Waals surface area contributed by atoms with Gasteiger partial charge in [-0.25, -0.2) is 9.18 Å². The maximum Gasteiger partial charge on any atom is 0.338 e. The van der Waals surface area contributed by atoms with Crippen molar-refractivity contribution in [2.45, 2.75) is 39.2 Å². The molecular formula is C18H19FN2O3. The number of allylic oxidation sites excluding steroid dienone is 2. The number of nitrogens with zero attached hydrogens (tertiary/aromatic N) is 1. The Morgan fingerprint density at radius 1 is 1.33 bits per heavy atom. The van der Waals surface area contributed by atoms with Crippen LogP contribution in [-0.4, -0.2) is 11.6 Å². The molecule has 0 bridgehead atoms. The lowest BCUT2D eigenvalue weighted by Gasteiger charge is -2.29. The molecule has 1 aromatic carbocycles. The van der Waals surface area contributed by atoms with E-state index in [1.54, 1.807) is 27.7 Å². The van der Waals surface area contributed by atoms with Gasteiger partial charge in [0.1, 0.15) is 28.8 Å². The molecule has 0 radical (unpaired) electrons. The monoisotopic (exact) mass is 330 g/mol. The SMILES string of the molecule is CC1=C(C(=O)OC(C)(C)C)[C@H](c2ccc(F)cc2)C(C#N)=C(N)O1. The third-order valence-electron chi connectivity index (χ3n) is 3.43. The fourth-order valence-corrected chi connectivity index (χ4v) is 2.47. The molecule has 2 N–H and O–H groups in total. The molecule has 1 aliphatic rings. The maximum atomic E-state index is 13.2. The standard InChI is InChI=1S/C18H19FN2O3/c1-10-14(17(22)24-18(2,3)4)15(13(9-20)16(21)23-10)11-5-7-12(19)8-6-11/h5-8,15H,21H2,1-4H3/t15-/m1/s1. The molecule has 0 aromatic heterocycles. The van der Waals surface area contributed by atoms with Crippen LogP contribution in [0.4, 0.5) is 4.39 Å². The zero-order valence-electron chi connectivity index (χ0n) is 14.0. The van der Waals surface area contributed by atoms with Crippen molar-refractivity contribution >= 4 is 5.97 Å². The van der Waals surface area contributed by atoms with Crippen LogP contribution >= 0.6 is 0 Å². The molecule has 126 valence electrons. The molecular weight excluding hydrogens is 311 g/mol. The summed E-state index contributed by atoms with van der Waals surface area (Å²) in [6.07, 6.45) is 0. The Hall–Kier alpha value is -2.81. The van der Waals surface area contributed by atoms with E-state index in [0.29, 0.717) is 5.56 Å². The van der Waals surface area contributed by atoms with Crippen molar-refractivity contribution in [3.8, 4) is 6.07 Å². The van der Waals surface area contributed by atoms with Gasteiger partial charge in [-0.2, -0.15) is 5.26 Å². The fraction of sp³-hybridized carbons (Fsp3) is 0.333. The van der Waals surface area contributed by atoms with Gasteiger partial charge in [0.15, 0.2) is 0 Å². The summed E-state index contributed by atoms with van der Waals surface area (Å²) in [6.45, 7) is 6.81. The first-order valence-electron chi connectivity index (χ1n) is 7.41. The summed E-state index contributed by atoms with van der Waals surface area (Å²) in [6, 6.07) is 7.52. The Morgan fingerprint density at radius 2 is 1.92 bits per heavy atom. The zero-order valence-corrected chi connectivity index (χ0v) is 14.0. The minimum Gasteiger partial charge on any atom is -0.456 e. The molecule has 0 amide bonds. The van der Waals surface area contributed by atoms with Gasteiger partial charge in [-0.1, -0.05) is 12.1 Å². The van der Waals surface area contributed by atoms with Crippen molar-refractivity contribution in [3.63, 3.8) is 0 Å². The number of halogens is 1. The lowest BCUT2D eigenvalue weighted by molar-refractivity contribution is -0.150. The number of carbonyl (C=O) groups excluding carboxylic acids is 1. The fourth-order valence-electron chi connectivity index (χ4n) is 2.47. The second kappa shape index (κ2) is 6.36. The number of nitriles is 1. The van der Waals surface area contributed by atoms with Gasteiger partial charge in [0, 0.05) is 0 Å². The summed E-state index contributed by atoms with van der Waals surface area (Å²) in [5.41, 5.74) is 5.92. The third-order valence-corrected chi connectivity index (χ3v) is 3.43. The van der Waals surface area contributed by atoms with Crippen molar-refractivity contribution in [1.29, 1.82) is 5.26 Å². The second-order valence-electron chi connectivity index (χ2n) is 6.45. The van der Waals surface area contributed by atoms with Crippen molar-refractivity contribution < 1.29 is 18.7 Å². The van der Waals surface area contributed by atoms with Crippen molar-refractivity contribution in [1.82, 2.24) is 0 Å². The van der Waals surface area contributed by atoms with Gasteiger partial charge in [-0.15, -0.1) is 0 Å². The first-order chi connectivity index (χ1) is 11.1. The molecule has 1 heterocycles. The molecule has 0 aliphatic carbocycles. The molecule has 0 fully saturated rings. The first kappa shape index (κ1) is 17.5. The van der Waals surface area contributed by atoms with E-state index < -0.39 is 23.3 Å². The van der Waals surface area contributed by atoms with E-state index in [-0.39, 0.29) is 22.8 Å². The normalized spacial score (nSPS) is 18.1. The van der Waals surface area contributed by atoms with Gasteiger partial charge >= 0.3 is 5.97 Å². The zero-order chi connectivity index (χ0) is 18.1. The van der Waals surface area contributed by atoms with E-state index in [2.05, 4.69) is 0 Å². The first-order valence-corrected chi connectivity index (χ1v) is 7.41. The smallest absolute Gasteiger partial charge is 0.338 e. The van der Waals surface area contributed by atoms with Crippen LogP contribution in [-0.2, 0) is 14.3 Å². The van der Waals surface area contributed by atoms with Crippen molar-refractivity contribution in [2.24, 2.45) is 5.73 Å². The highest BCUT2D eigenvalue weighted by Gasteiger charge is 2.37.